The van der Waals surface area contributed by atoms with Crippen LogP contribution in [0.2, 0.25) is 5.02 Å². The van der Waals surface area contributed by atoms with Gasteiger partial charge in [0.05, 0.1) is 30.3 Å². The molecule has 4 aromatic rings. The number of carbonyl (C=O) groups excluding carboxylic acids is 1. The number of aromatic nitrogens is 2. The molecular formula is C23H20ClN3O4. The van der Waals surface area contributed by atoms with Crippen LogP contribution in [0.3, 0.4) is 0 Å². The monoisotopic (exact) mass is 437 g/mol. The molecule has 2 aromatic heterocycles. The third-order valence-corrected chi connectivity index (χ3v) is 5.20. The zero-order chi connectivity index (χ0) is 21.8. The molecule has 0 aliphatic rings. The van der Waals surface area contributed by atoms with Gasteiger partial charge < -0.3 is 9.73 Å². The lowest BCUT2D eigenvalue weighted by atomic mass is 10.2. The number of furan rings is 1. The second kappa shape index (κ2) is 9.06. The fraction of sp³-hybridized carbons (Fsp3) is 0.174. The first kappa shape index (κ1) is 20.7. The number of hydrogen-bond donors (Lipinski definition) is 1. The summed E-state index contributed by atoms with van der Waals surface area (Å²) in [7, 11) is 0. The van der Waals surface area contributed by atoms with E-state index in [2.05, 4.69) is 5.32 Å². The third kappa shape index (κ3) is 4.62. The van der Waals surface area contributed by atoms with Crippen LogP contribution in [0.25, 0.3) is 10.9 Å². The van der Waals surface area contributed by atoms with E-state index in [0.717, 1.165) is 10.1 Å². The van der Waals surface area contributed by atoms with Gasteiger partial charge in [0.2, 0.25) is 5.91 Å². The number of para-hydroxylation sites is 1. The van der Waals surface area contributed by atoms with E-state index in [1.54, 1.807) is 48.5 Å². The normalized spacial score (nSPS) is 11.0. The molecule has 8 heteroatoms. The molecule has 158 valence electrons. The third-order valence-electron chi connectivity index (χ3n) is 4.96. The number of nitrogens with one attached hydrogen (secondary N) is 1. The SMILES string of the molecule is O=C(CCn1c(=O)c2ccccc2n(Cc2cccc(Cl)c2)c1=O)NCc1ccco1. The van der Waals surface area contributed by atoms with Crippen LogP contribution in [0.5, 0.6) is 0 Å². The standard InChI is InChI=1S/C23H20ClN3O4/c24-17-6-3-5-16(13-17)15-27-20-9-2-1-8-19(20)22(29)26(23(27)30)11-10-21(28)25-14-18-7-4-12-31-18/h1-9,12-13H,10-11,14-15H2,(H,25,28). The van der Waals surface area contributed by atoms with E-state index in [0.29, 0.717) is 21.7 Å². The molecule has 0 saturated carbocycles. The van der Waals surface area contributed by atoms with Crippen LogP contribution in [-0.2, 0) is 24.4 Å². The molecule has 0 atom stereocenters. The molecule has 4 rings (SSSR count). The fourth-order valence-electron chi connectivity index (χ4n) is 3.44. The van der Waals surface area contributed by atoms with Gasteiger partial charge in [-0.05, 0) is 42.0 Å². The average Bonchev–Trinajstić information content (AvgIpc) is 3.29. The molecule has 0 aliphatic heterocycles. The van der Waals surface area contributed by atoms with Gasteiger partial charge in [0.15, 0.2) is 0 Å². The van der Waals surface area contributed by atoms with Gasteiger partial charge in [0.25, 0.3) is 5.56 Å². The predicted octanol–water partition coefficient (Wildman–Crippen LogP) is 3.16. The Morgan fingerprint density at radius 1 is 1.00 bits per heavy atom. The molecule has 2 aromatic carbocycles. The van der Waals surface area contributed by atoms with Crippen molar-refractivity contribution in [2.45, 2.75) is 26.1 Å². The zero-order valence-electron chi connectivity index (χ0n) is 16.6. The Balaban J connectivity index is 1.63. The number of rotatable bonds is 7. The van der Waals surface area contributed by atoms with Crippen molar-refractivity contribution in [2.24, 2.45) is 0 Å². The average molecular weight is 438 g/mol. The minimum absolute atomic E-state index is 0.00857. The van der Waals surface area contributed by atoms with Crippen molar-refractivity contribution in [1.29, 1.82) is 0 Å². The Morgan fingerprint density at radius 3 is 2.61 bits per heavy atom. The van der Waals surface area contributed by atoms with Gasteiger partial charge in [-0.2, -0.15) is 0 Å². The molecule has 31 heavy (non-hydrogen) atoms. The van der Waals surface area contributed by atoms with E-state index < -0.39 is 11.2 Å². The second-order valence-corrected chi connectivity index (χ2v) is 7.52. The van der Waals surface area contributed by atoms with E-state index in [1.165, 1.54) is 10.8 Å². The summed E-state index contributed by atoms with van der Waals surface area (Å²) in [4.78, 5) is 38.4. The molecular weight excluding hydrogens is 418 g/mol. The molecule has 0 spiro atoms. The predicted molar refractivity (Wildman–Crippen MR) is 118 cm³/mol. The number of amides is 1. The van der Waals surface area contributed by atoms with E-state index in [-0.39, 0.29) is 32.0 Å². The van der Waals surface area contributed by atoms with E-state index in [1.807, 2.05) is 12.1 Å². The molecule has 1 N–H and O–H groups in total. The molecule has 0 radical (unpaired) electrons. The summed E-state index contributed by atoms with van der Waals surface area (Å²) in [6.45, 7) is 0.477. The molecule has 0 bridgehead atoms. The highest BCUT2D eigenvalue weighted by Crippen LogP contribution is 2.14. The van der Waals surface area contributed by atoms with Crippen molar-refractivity contribution < 1.29 is 9.21 Å². The van der Waals surface area contributed by atoms with Crippen molar-refractivity contribution in [3.05, 3.63) is 104 Å². The van der Waals surface area contributed by atoms with Crippen LogP contribution in [0, 0.1) is 0 Å². The maximum atomic E-state index is 13.2. The molecule has 0 fully saturated rings. The van der Waals surface area contributed by atoms with Gasteiger partial charge in [-0.15, -0.1) is 0 Å². The van der Waals surface area contributed by atoms with Gasteiger partial charge in [-0.3, -0.25) is 18.7 Å². The fourth-order valence-corrected chi connectivity index (χ4v) is 3.65. The Labute approximate surface area is 182 Å². The minimum atomic E-state index is -0.470. The van der Waals surface area contributed by atoms with Crippen LogP contribution in [0.1, 0.15) is 17.7 Å². The van der Waals surface area contributed by atoms with Crippen LogP contribution in [-0.4, -0.2) is 15.0 Å². The minimum Gasteiger partial charge on any atom is -0.467 e. The smallest absolute Gasteiger partial charge is 0.331 e. The van der Waals surface area contributed by atoms with E-state index in [4.69, 9.17) is 16.0 Å². The zero-order valence-corrected chi connectivity index (χ0v) is 17.3. The Hall–Kier alpha value is -3.58. The number of halogens is 1. The summed E-state index contributed by atoms with van der Waals surface area (Å²) < 4.78 is 7.82. The number of nitrogens with zero attached hydrogens (tertiary/aromatic N) is 2. The van der Waals surface area contributed by atoms with Crippen LogP contribution in [0.4, 0.5) is 0 Å². The van der Waals surface area contributed by atoms with Gasteiger partial charge in [-0.25, -0.2) is 4.79 Å². The first-order chi connectivity index (χ1) is 15.0. The summed E-state index contributed by atoms with van der Waals surface area (Å²) in [5.74, 6) is 0.345. The second-order valence-electron chi connectivity index (χ2n) is 7.08. The van der Waals surface area contributed by atoms with Crippen LogP contribution in [0.15, 0.2) is 80.9 Å². The Morgan fingerprint density at radius 2 is 1.84 bits per heavy atom. The summed E-state index contributed by atoms with van der Waals surface area (Å²) in [5.41, 5.74) is 0.487. The van der Waals surface area contributed by atoms with Gasteiger partial charge in [0, 0.05) is 18.0 Å². The van der Waals surface area contributed by atoms with E-state index in [9.17, 15) is 14.4 Å². The van der Waals surface area contributed by atoms with Crippen molar-refractivity contribution >= 4 is 28.4 Å². The quantitative estimate of drug-likeness (QED) is 0.481. The van der Waals surface area contributed by atoms with Gasteiger partial charge >= 0.3 is 5.69 Å². The molecule has 1 amide bonds. The summed E-state index contributed by atoms with van der Waals surface area (Å²) >= 11 is 6.08. The molecule has 2 heterocycles. The Kier molecular flexibility index (Phi) is 6.04. The largest absolute Gasteiger partial charge is 0.467 e. The van der Waals surface area contributed by atoms with Crippen LogP contribution >= 0.6 is 11.6 Å². The molecule has 0 unspecified atom stereocenters. The number of hydrogen-bond acceptors (Lipinski definition) is 4. The van der Waals surface area contributed by atoms with Crippen molar-refractivity contribution in [3.63, 3.8) is 0 Å². The highest BCUT2D eigenvalue weighted by atomic mass is 35.5. The highest BCUT2D eigenvalue weighted by Gasteiger charge is 2.14. The van der Waals surface area contributed by atoms with Gasteiger partial charge in [-0.1, -0.05) is 35.9 Å². The first-order valence-corrected chi connectivity index (χ1v) is 10.2. The summed E-state index contributed by atoms with van der Waals surface area (Å²) in [6, 6.07) is 17.6. The molecule has 0 saturated heterocycles. The van der Waals surface area contributed by atoms with Crippen molar-refractivity contribution in [1.82, 2.24) is 14.5 Å². The van der Waals surface area contributed by atoms with E-state index >= 15 is 0 Å². The summed E-state index contributed by atoms with van der Waals surface area (Å²) in [6.07, 6.45) is 1.52. The molecule has 7 nitrogen and oxygen atoms in total. The number of carbonyl (C=O) groups is 1. The maximum absolute atomic E-state index is 13.2. The lowest BCUT2D eigenvalue weighted by Gasteiger charge is -2.14. The van der Waals surface area contributed by atoms with Crippen LogP contribution < -0.4 is 16.6 Å². The lowest BCUT2D eigenvalue weighted by molar-refractivity contribution is -0.121. The molecule has 0 aliphatic carbocycles. The van der Waals surface area contributed by atoms with Crippen molar-refractivity contribution in [3.8, 4) is 0 Å². The lowest BCUT2D eigenvalue weighted by Crippen LogP contribution is -2.41. The maximum Gasteiger partial charge on any atom is 0.331 e. The van der Waals surface area contributed by atoms with Gasteiger partial charge in [0.1, 0.15) is 5.76 Å². The van der Waals surface area contributed by atoms with Crippen molar-refractivity contribution in [2.75, 3.05) is 0 Å². The topological polar surface area (TPSA) is 86.2 Å². The highest BCUT2D eigenvalue weighted by molar-refractivity contribution is 6.30. The first-order valence-electron chi connectivity index (χ1n) is 9.79. The number of fused-ring (bicyclic) bond motifs is 1. The summed E-state index contributed by atoms with van der Waals surface area (Å²) in [5, 5.41) is 3.70. The Bertz CT molecular complexity index is 1340. The number of benzene rings is 2.